The van der Waals surface area contributed by atoms with Gasteiger partial charge in [-0.3, -0.25) is 0 Å². The summed E-state index contributed by atoms with van der Waals surface area (Å²) in [5.74, 6) is 2.60. The van der Waals surface area contributed by atoms with Crippen molar-refractivity contribution in [3.63, 3.8) is 0 Å². The molecule has 0 fully saturated rings. The highest BCUT2D eigenvalue weighted by Gasteiger charge is 2.26. The van der Waals surface area contributed by atoms with Crippen molar-refractivity contribution in [1.29, 1.82) is 0 Å². The van der Waals surface area contributed by atoms with Crippen molar-refractivity contribution in [2.24, 2.45) is 0 Å². The summed E-state index contributed by atoms with van der Waals surface area (Å²) >= 11 is 6.24. The van der Waals surface area contributed by atoms with E-state index in [0.717, 1.165) is 42.0 Å². The van der Waals surface area contributed by atoms with E-state index < -0.39 is 0 Å². The van der Waals surface area contributed by atoms with Crippen LogP contribution in [-0.2, 0) is 12.8 Å². The summed E-state index contributed by atoms with van der Waals surface area (Å²) in [5.41, 5.74) is 5.31. The van der Waals surface area contributed by atoms with E-state index in [1.165, 1.54) is 11.1 Å². The molecule has 4 heteroatoms. The van der Waals surface area contributed by atoms with Crippen molar-refractivity contribution >= 4 is 23.0 Å². The number of nitrogens with zero attached hydrogens (tertiary/aromatic N) is 2. The van der Waals surface area contributed by atoms with Crippen LogP contribution in [0.2, 0.25) is 5.02 Å². The number of fused-ring (bicyclic) bond motifs is 1. The van der Waals surface area contributed by atoms with Gasteiger partial charge in [0.1, 0.15) is 11.5 Å². The number of furan rings is 1. The van der Waals surface area contributed by atoms with E-state index in [2.05, 4.69) is 61.0 Å². The van der Waals surface area contributed by atoms with Gasteiger partial charge in [-0.05, 0) is 48.1 Å². The highest BCUT2D eigenvalue weighted by molar-refractivity contribution is 6.33. The molecule has 0 radical (unpaired) electrons. The Balaban J connectivity index is 1.53. The molecule has 0 spiro atoms. The van der Waals surface area contributed by atoms with Crippen LogP contribution in [-0.4, -0.2) is 13.1 Å². The number of hydrogen-bond donors (Lipinski definition) is 0. The lowest BCUT2D eigenvalue weighted by atomic mass is 9.92. The molecule has 1 aromatic heterocycles. The summed E-state index contributed by atoms with van der Waals surface area (Å²) in [4.78, 5) is 5.72. The van der Waals surface area contributed by atoms with Gasteiger partial charge in [0, 0.05) is 35.8 Å². The van der Waals surface area contributed by atoms with Crippen LogP contribution in [0, 0.1) is 6.57 Å². The lowest BCUT2D eigenvalue weighted by Crippen LogP contribution is -2.36. The van der Waals surface area contributed by atoms with Crippen molar-refractivity contribution in [3.8, 4) is 11.3 Å². The minimum Gasteiger partial charge on any atom is -0.461 e. The monoisotopic (exact) mass is 404 g/mol. The molecule has 0 amide bonds. The predicted octanol–water partition coefficient (Wildman–Crippen LogP) is 7.27. The molecule has 0 aliphatic heterocycles. The molecule has 4 rings (SSSR count). The van der Waals surface area contributed by atoms with Gasteiger partial charge in [-0.1, -0.05) is 55.8 Å². The van der Waals surface area contributed by atoms with Gasteiger partial charge in [0.15, 0.2) is 0 Å². The molecule has 0 saturated carbocycles. The van der Waals surface area contributed by atoms with Gasteiger partial charge in [0.25, 0.3) is 0 Å². The van der Waals surface area contributed by atoms with Crippen LogP contribution in [0.3, 0.4) is 0 Å². The molecule has 2 aromatic carbocycles. The number of rotatable bonds is 4. The minimum absolute atomic E-state index is 0.381. The summed E-state index contributed by atoms with van der Waals surface area (Å²) in [6, 6.07) is 16.9. The number of benzene rings is 2. The van der Waals surface area contributed by atoms with E-state index in [4.69, 9.17) is 22.6 Å². The lowest BCUT2D eigenvalue weighted by molar-refractivity contribution is 0.456. The first-order valence-electron chi connectivity index (χ1n) is 10.1. The average molecular weight is 405 g/mol. The summed E-state index contributed by atoms with van der Waals surface area (Å²) in [6.07, 6.45) is 2.91. The lowest BCUT2D eigenvalue weighted by Gasteiger charge is -2.32. The Bertz CT molecular complexity index is 1060. The number of halogens is 1. The number of hydrogen-bond acceptors (Lipinski definition) is 2. The maximum absolute atomic E-state index is 7.16. The Labute approximate surface area is 177 Å². The molecule has 0 saturated heterocycles. The van der Waals surface area contributed by atoms with Crippen LogP contribution < -0.4 is 4.90 Å². The average Bonchev–Trinajstić information content (AvgIpc) is 3.16. The quantitative estimate of drug-likeness (QED) is 0.426. The van der Waals surface area contributed by atoms with Gasteiger partial charge in [-0.25, -0.2) is 4.85 Å². The summed E-state index contributed by atoms with van der Waals surface area (Å²) in [6.45, 7) is 11.6. The van der Waals surface area contributed by atoms with E-state index in [1.807, 2.05) is 12.1 Å². The minimum atomic E-state index is 0.381. The third-order valence-electron chi connectivity index (χ3n) is 5.93. The molecular weight excluding hydrogens is 380 g/mol. The maximum Gasteiger partial charge on any atom is 0.205 e. The number of aryl methyl sites for hydroxylation is 1. The summed E-state index contributed by atoms with van der Waals surface area (Å²) in [5, 5.41) is 0.510. The summed E-state index contributed by atoms with van der Waals surface area (Å²) in [7, 11) is 2.10. The van der Waals surface area contributed by atoms with Crippen LogP contribution >= 0.6 is 11.6 Å². The molecule has 1 aliphatic carbocycles. The fourth-order valence-electron chi connectivity index (χ4n) is 4.03. The van der Waals surface area contributed by atoms with Crippen LogP contribution in [0.15, 0.2) is 52.9 Å². The zero-order valence-electron chi connectivity index (χ0n) is 17.1. The normalized spacial score (nSPS) is 15.8. The Hall–Kier alpha value is -2.70. The van der Waals surface area contributed by atoms with E-state index in [-0.39, 0.29) is 0 Å². The molecule has 1 heterocycles. The van der Waals surface area contributed by atoms with E-state index in [1.54, 1.807) is 6.07 Å². The van der Waals surface area contributed by atoms with Crippen LogP contribution in [0.5, 0.6) is 0 Å². The third-order valence-corrected chi connectivity index (χ3v) is 6.23. The zero-order valence-corrected chi connectivity index (χ0v) is 17.8. The fourth-order valence-corrected chi connectivity index (χ4v) is 4.24. The highest BCUT2D eigenvalue weighted by Crippen LogP contribution is 2.35. The fraction of sp³-hybridized carbons (Fsp3) is 0.320. The Morgan fingerprint density at radius 1 is 1.14 bits per heavy atom. The molecule has 148 valence electrons. The summed E-state index contributed by atoms with van der Waals surface area (Å²) < 4.78 is 6.20. The van der Waals surface area contributed by atoms with Crippen molar-refractivity contribution < 1.29 is 4.42 Å². The topological polar surface area (TPSA) is 20.7 Å². The zero-order chi connectivity index (χ0) is 20.5. The first kappa shape index (κ1) is 19.6. The molecule has 29 heavy (non-hydrogen) atoms. The van der Waals surface area contributed by atoms with Gasteiger partial charge in [-0.2, -0.15) is 0 Å². The van der Waals surface area contributed by atoms with Crippen LogP contribution in [0.4, 0.5) is 11.4 Å². The molecule has 1 aliphatic rings. The van der Waals surface area contributed by atoms with Gasteiger partial charge in [0.05, 0.1) is 6.57 Å². The molecule has 3 aromatic rings. The molecule has 0 bridgehead atoms. The smallest absolute Gasteiger partial charge is 0.205 e. The maximum atomic E-state index is 7.16. The van der Waals surface area contributed by atoms with E-state index >= 15 is 0 Å². The Morgan fingerprint density at radius 3 is 2.55 bits per heavy atom. The second-order valence-electron chi connectivity index (χ2n) is 8.09. The largest absolute Gasteiger partial charge is 0.461 e. The molecule has 1 atom stereocenters. The standard InChI is InChI=1S/C25H25ClN2O/c1-16(2)17-5-7-18(8-6-17)25-14-19-13-20(10-12-24(19)29-25)28(4)21-9-11-23(27-3)22(26)15-21/h5-9,11,14-16,20H,10,12-13H2,1-2,4H3/t20-/m1/s1. The first-order valence-corrected chi connectivity index (χ1v) is 10.5. The van der Waals surface area contributed by atoms with Gasteiger partial charge in [0.2, 0.25) is 5.69 Å². The van der Waals surface area contributed by atoms with Crippen molar-refractivity contribution in [1.82, 2.24) is 0 Å². The van der Waals surface area contributed by atoms with Gasteiger partial charge >= 0.3 is 0 Å². The Kier molecular flexibility index (Phi) is 5.39. The van der Waals surface area contributed by atoms with Crippen molar-refractivity contribution in [2.45, 2.75) is 45.1 Å². The third kappa shape index (κ3) is 3.91. The molecule has 3 nitrogen and oxygen atoms in total. The van der Waals surface area contributed by atoms with E-state index in [0.29, 0.717) is 22.7 Å². The van der Waals surface area contributed by atoms with Crippen LogP contribution in [0.25, 0.3) is 16.2 Å². The SMILES string of the molecule is [C-]#[N+]c1ccc(N(C)[C@@H]2CCc3oc(-c4ccc(C(C)C)cc4)cc3C2)cc1Cl. The van der Waals surface area contributed by atoms with E-state index in [9.17, 15) is 0 Å². The predicted molar refractivity (Wildman–Crippen MR) is 120 cm³/mol. The second kappa shape index (κ2) is 7.97. The van der Waals surface area contributed by atoms with Gasteiger partial charge in [-0.15, -0.1) is 0 Å². The van der Waals surface area contributed by atoms with Crippen molar-refractivity contribution in [3.05, 3.63) is 81.9 Å². The van der Waals surface area contributed by atoms with Crippen LogP contribution in [0.1, 0.15) is 43.1 Å². The Morgan fingerprint density at radius 2 is 1.90 bits per heavy atom. The molecule has 0 unspecified atom stereocenters. The highest BCUT2D eigenvalue weighted by atomic mass is 35.5. The second-order valence-corrected chi connectivity index (χ2v) is 8.50. The van der Waals surface area contributed by atoms with Gasteiger partial charge < -0.3 is 9.32 Å². The number of anilines is 1. The molecular formula is C25H25ClN2O. The molecule has 0 N–H and O–H groups in total. The van der Waals surface area contributed by atoms with Crippen molar-refractivity contribution in [2.75, 3.05) is 11.9 Å². The first-order chi connectivity index (χ1) is 14.0. The number of likely N-dealkylation sites (N-methyl/N-ethyl adjacent to an activating group) is 1.